The van der Waals surface area contributed by atoms with E-state index >= 15 is 0 Å². The third-order valence-electron chi connectivity index (χ3n) is 2.73. The number of hydrogen-bond acceptors (Lipinski definition) is 5. The van der Waals surface area contributed by atoms with Crippen LogP contribution in [0.4, 0.5) is 11.6 Å². The Hall–Kier alpha value is -1.85. The summed E-state index contributed by atoms with van der Waals surface area (Å²) < 4.78 is 0. The number of carbonyl (C=O) groups is 1. The van der Waals surface area contributed by atoms with Crippen LogP contribution in [-0.4, -0.2) is 36.0 Å². The molecule has 0 aliphatic heterocycles. The Kier molecular flexibility index (Phi) is 6.05. The number of amides is 1. The molecule has 1 aromatic heterocycles. The lowest BCUT2D eigenvalue weighted by Crippen LogP contribution is -2.21. The number of carbonyl (C=O) groups excluding carboxylic acids is 1. The first-order valence-corrected chi connectivity index (χ1v) is 6.63. The molecule has 1 heterocycles. The van der Waals surface area contributed by atoms with E-state index in [1.165, 1.54) is 6.33 Å². The highest BCUT2D eigenvalue weighted by molar-refractivity contribution is 5.76. The zero-order valence-corrected chi connectivity index (χ0v) is 12.1. The number of nitrogens with zero attached hydrogens (tertiary/aromatic N) is 2. The van der Waals surface area contributed by atoms with Crippen LogP contribution in [0.2, 0.25) is 0 Å². The van der Waals surface area contributed by atoms with Gasteiger partial charge in [-0.05, 0) is 12.8 Å². The molecule has 6 nitrogen and oxygen atoms in total. The van der Waals surface area contributed by atoms with Gasteiger partial charge in [-0.2, -0.15) is 0 Å². The van der Waals surface area contributed by atoms with E-state index < -0.39 is 0 Å². The van der Waals surface area contributed by atoms with E-state index in [0.29, 0.717) is 18.9 Å². The summed E-state index contributed by atoms with van der Waals surface area (Å²) in [6.45, 7) is 7.61. The van der Waals surface area contributed by atoms with Gasteiger partial charge in [0.15, 0.2) is 0 Å². The van der Waals surface area contributed by atoms with Crippen molar-refractivity contribution in [3.63, 3.8) is 0 Å². The molecular weight excluding hydrogens is 242 g/mol. The minimum Gasteiger partial charge on any atom is -0.370 e. The predicted octanol–water partition coefficient (Wildman–Crippen LogP) is 1.58. The smallest absolute Gasteiger partial charge is 0.221 e. The summed E-state index contributed by atoms with van der Waals surface area (Å²) in [7, 11) is 1.63. The van der Waals surface area contributed by atoms with Crippen LogP contribution in [0.15, 0.2) is 6.33 Å². The lowest BCUT2D eigenvalue weighted by atomic mass is 10.0. The van der Waals surface area contributed by atoms with Crippen molar-refractivity contribution >= 4 is 17.5 Å². The Balaban J connectivity index is 2.81. The van der Waals surface area contributed by atoms with Crippen molar-refractivity contribution in [2.45, 2.75) is 33.1 Å². The van der Waals surface area contributed by atoms with E-state index in [9.17, 15) is 4.79 Å². The van der Waals surface area contributed by atoms with E-state index in [2.05, 4.69) is 39.8 Å². The molecule has 0 radical (unpaired) electrons. The van der Waals surface area contributed by atoms with Crippen LogP contribution in [-0.2, 0) is 4.79 Å². The Morgan fingerprint density at radius 1 is 1.26 bits per heavy atom. The number of anilines is 2. The molecule has 0 fully saturated rings. The summed E-state index contributed by atoms with van der Waals surface area (Å²) in [6.07, 6.45) is 1.96. The van der Waals surface area contributed by atoms with E-state index in [0.717, 1.165) is 23.7 Å². The molecule has 0 unspecified atom stereocenters. The lowest BCUT2D eigenvalue weighted by Gasteiger charge is -2.17. The van der Waals surface area contributed by atoms with Crippen LogP contribution >= 0.6 is 0 Å². The summed E-state index contributed by atoms with van der Waals surface area (Å²) in [5.41, 5.74) is 1.06. The van der Waals surface area contributed by atoms with Crippen molar-refractivity contribution in [1.82, 2.24) is 15.3 Å². The molecule has 3 N–H and O–H groups in total. The van der Waals surface area contributed by atoms with E-state index in [4.69, 9.17) is 0 Å². The molecule has 106 valence electrons. The zero-order valence-electron chi connectivity index (χ0n) is 12.1. The highest BCUT2D eigenvalue weighted by Crippen LogP contribution is 2.28. The number of rotatable bonds is 7. The third-order valence-corrected chi connectivity index (χ3v) is 2.73. The molecule has 1 aromatic rings. The Morgan fingerprint density at radius 2 is 1.89 bits per heavy atom. The van der Waals surface area contributed by atoms with Gasteiger partial charge in [0, 0.05) is 32.1 Å². The fourth-order valence-electron chi connectivity index (χ4n) is 1.81. The van der Waals surface area contributed by atoms with Gasteiger partial charge in [0.1, 0.15) is 18.0 Å². The van der Waals surface area contributed by atoms with Crippen molar-refractivity contribution in [2.75, 3.05) is 30.8 Å². The summed E-state index contributed by atoms with van der Waals surface area (Å²) in [6, 6.07) is 0. The maximum atomic E-state index is 11.2. The van der Waals surface area contributed by atoms with Gasteiger partial charge < -0.3 is 16.0 Å². The minimum atomic E-state index is 0.0135. The summed E-state index contributed by atoms with van der Waals surface area (Å²) >= 11 is 0. The van der Waals surface area contributed by atoms with Gasteiger partial charge in [-0.15, -0.1) is 0 Å². The van der Waals surface area contributed by atoms with Crippen molar-refractivity contribution in [2.24, 2.45) is 0 Å². The molecule has 6 heteroatoms. The quantitative estimate of drug-likeness (QED) is 0.697. The molecule has 0 aromatic carbocycles. The second kappa shape index (κ2) is 7.56. The number of nitrogens with one attached hydrogen (secondary N) is 3. The molecular formula is C13H23N5O. The SMILES string of the molecule is CCNc1ncnc(NCCC(=O)NC)c1C(C)C. The van der Waals surface area contributed by atoms with Crippen LogP contribution in [0.25, 0.3) is 0 Å². The largest absolute Gasteiger partial charge is 0.370 e. The van der Waals surface area contributed by atoms with Crippen LogP contribution in [0.3, 0.4) is 0 Å². The molecule has 0 bridgehead atoms. The Labute approximate surface area is 114 Å². The highest BCUT2D eigenvalue weighted by atomic mass is 16.1. The Morgan fingerprint density at radius 3 is 2.42 bits per heavy atom. The van der Waals surface area contributed by atoms with E-state index in [1.54, 1.807) is 7.05 Å². The van der Waals surface area contributed by atoms with E-state index in [-0.39, 0.29) is 5.91 Å². The summed E-state index contributed by atoms with van der Waals surface area (Å²) in [4.78, 5) is 19.7. The van der Waals surface area contributed by atoms with Gasteiger partial charge >= 0.3 is 0 Å². The van der Waals surface area contributed by atoms with Crippen molar-refractivity contribution in [3.05, 3.63) is 11.9 Å². The van der Waals surface area contributed by atoms with Gasteiger partial charge in [0.05, 0.1) is 0 Å². The maximum absolute atomic E-state index is 11.2. The highest BCUT2D eigenvalue weighted by Gasteiger charge is 2.14. The standard InChI is InChI=1S/C13H23N5O/c1-5-15-12-11(9(2)3)13(18-8-17-12)16-7-6-10(19)14-4/h8-9H,5-7H2,1-4H3,(H,14,19)(H2,15,16,17,18). The second-order valence-corrected chi connectivity index (χ2v) is 4.52. The fourth-order valence-corrected chi connectivity index (χ4v) is 1.81. The molecule has 19 heavy (non-hydrogen) atoms. The third kappa shape index (κ3) is 4.39. The zero-order chi connectivity index (χ0) is 14.3. The van der Waals surface area contributed by atoms with Gasteiger partial charge in [-0.3, -0.25) is 4.79 Å². The van der Waals surface area contributed by atoms with E-state index in [1.807, 2.05) is 6.92 Å². The average Bonchev–Trinajstić information content (AvgIpc) is 2.38. The molecule has 0 saturated heterocycles. The first-order chi connectivity index (χ1) is 9.10. The van der Waals surface area contributed by atoms with Gasteiger partial charge in [-0.1, -0.05) is 13.8 Å². The van der Waals surface area contributed by atoms with Gasteiger partial charge in [0.2, 0.25) is 5.91 Å². The summed E-state index contributed by atoms with van der Waals surface area (Å²) in [5, 5.41) is 9.04. The maximum Gasteiger partial charge on any atom is 0.221 e. The molecule has 1 amide bonds. The average molecular weight is 265 g/mol. The molecule has 0 aliphatic carbocycles. The van der Waals surface area contributed by atoms with Gasteiger partial charge in [-0.25, -0.2) is 9.97 Å². The van der Waals surface area contributed by atoms with Gasteiger partial charge in [0.25, 0.3) is 0 Å². The topological polar surface area (TPSA) is 78.9 Å². The molecule has 0 atom stereocenters. The monoisotopic (exact) mass is 265 g/mol. The number of hydrogen-bond donors (Lipinski definition) is 3. The summed E-state index contributed by atoms with van der Waals surface area (Å²) in [5.74, 6) is 1.97. The van der Waals surface area contributed by atoms with Crippen LogP contribution in [0.1, 0.15) is 38.7 Å². The van der Waals surface area contributed by atoms with Crippen LogP contribution < -0.4 is 16.0 Å². The van der Waals surface area contributed by atoms with Crippen molar-refractivity contribution in [1.29, 1.82) is 0 Å². The molecule has 0 saturated carbocycles. The Bertz CT molecular complexity index is 419. The lowest BCUT2D eigenvalue weighted by molar-refractivity contribution is -0.120. The molecule has 0 spiro atoms. The van der Waals surface area contributed by atoms with Crippen LogP contribution in [0.5, 0.6) is 0 Å². The first-order valence-electron chi connectivity index (χ1n) is 6.63. The second-order valence-electron chi connectivity index (χ2n) is 4.52. The van der Waals surface area contributed by atoms with Crippen LogP contribution in [0, 0.1) is 0 Å². The fraction of sp³-hybridized carbons (Fsp3) is 0.615. The molecule has 1 rings (SSSR count). The minimum absolute atomic E-state index is 0.0135. The normalized spacial score (nSPS) is 10.4. The first kappa shape index (κ1) is 15.2. The van der Waals surface area contributed by atoms with Crippen molar-refractivity contribution < 1.29 is 4.79 Å². The van der Waals surface area contributed by atoms with Crippen molar-refractivity contribution in [3.8, 4) is 0 Å². The predicted molar refractivity (Wildman–Crippen MR) is 77.5 cm³/mol. The molecule has 0 aliphatic rings. The number of aromatic nitrogens is 2.